The number of benzene rings is 2. The third-order valence-electron chi connectivity index (χ3n) is 3.90. The van der Waals surface area contributed by atoms with E-state index in [9.17, 15) is 13.2 Å². The zero-order chi connectivity index (χ0) is 20.0. The molecule has 1 atom stereocenters. The maximum absolute atomic E-state index is 12.9. The van der Waals surface area contributed by atoms with Gasteiger partial charge in [-0.2, -0.15) is 0 Å². The van der Waals surface area contributed by atoms with Crippen LogP contribution in [0.5, 0.6) is 0 Å². The first-order valence-corrected chi connectivity index (χ1v) is 10.6. The molecule has 0 spiro atoms. The van der Waals surface area contributed by atoms with Crippen LogP contribution in [0.1, 0.15) is 18.9 Å². The second-order valence-corrected chi connectivity index (χ2v) is 8.38. The van der Waals surface area contributed by atoms with Crippen LogP contribution in [0.25, 0.3) is 0 Å². The van der Waals surface area contributed by atoms with Gasteiger partial charge in [-0.15, -0.1) is 0 Å². The number of hydrogen-bond acceptors (Lipinski definition) is 4. The second-order valence-electron chi connectivity index (χ2n) is 6.09. The Morgan fingerprint density at radius 2 is 1.93 bits per heavy atom. The van der Waals surface area contributed by atoms with Crippen molar-refractivity contribution >= 4 is 38.9 Å². The molecule has 27 heavy (non-hydrogen) atoms. The minimum absolute atomic E-state index is 0.295. The molecule has 2 aromatic carbocycles. The minimum atomic E-state index is -3.71. The standard InChI is InChI=1S/C19H23ClN2O4S/c1-4-18(19(23)21-16-9-5-7-14(11-16)13-26-2)22(27(3,24)25)17-10-6-8-15(20)12-17/h5-12,18H,4,13H2,1-3H3,(H,21,23)/t18-/m0/s1. The van der Waals surface area contributed by atoms with Crippen LogP contribution >= 0.6 is 11.6 Å². The van der Waals surface area contributed by atoms with E-state index in [2.05, 4.69) is 5.32 Å². The Hall–Kier alpha value is -2.09. The topological polar surface area (TPSA) is 75.7 Å². The summed E-state index contributed by atoms with van der Waals surface area (Å²) in [7, 11) is -2.12. The molecule has 8 heteroatoms. The van der Waals surface area contributed by atoms with Crippen LogP contribution in [-0.2, 0) is 26.2 Å². The number of sulfonamides is 1. The number of rotatable bonds is 8. The van der Waals surface area contributed by atoms with E-state index in [-0.39, 0.29) is 0 Å². The van der Waals surface area contributed by atoms with E-state index in [1.165, 1.54) is 6.07 Å². The van der Waals surface area contributed by atoms with E-state index >= 15 is 0 Å². The summed E-state index contributed by atoms with van der Waals surface area (Å²) in [6.45, 7) is 2.17. The largest absolute Gasteiger partial charge is 0.380 e. The number of carbonyl (C=O) groups excluding carboxylic acids is 1. The number of amides is 1. The van der Waals surface area contributed by atoms with Gasteiger partial charge < -0.3 is 10.1 Å². The molecule has 1 N–H and O–H groups in total. The Morgan fingerprint density at radius 3 is 2.52 bits per heavy atom. The molecule has 0 bridgehead atoms. The number of anilines is 2. The van der Waals surface area contributed by atoms with Gasteiger partial charge in [0.05, 0.1) is 18.6 Å². The van der Waals surface area contributed by atoms with Crippen LogP contribution in [0.3, 0.4) is 0 Å². The van der Waals surface area contributed by atoms with Gasteiger partial charge in [-0.25, -0.2) is 8.42 Å². The van der Waals surface area contributed by atoms with E-state index < -0.39 is 22.0 Å². The van der Waals surface area contributed by atoms with Gasteiger partial charge in [0.1, 0.15) is 6.04 Å². The number of ether oxygens (including phenoxy) is 1. The van der Waals surface area contributed by atoms with E-state index in [1.54, 1.807) is 50.4 Å². The number of carbonyl (C=O) groups is 1. The molecule has 0 fully saturated rings. The summed E-state index contributed by atoms with van der Waals surface area (Å²) >= 11 is 6.01. The Bertz CT molecular complexity index is 902. The van der Waals surface area contributed by atoms with Crippen LogP contribution in [0, 0.1) is 0 Å². The highest BCUT2D eigenvalue weighted by Crippen LogP contribution is 2.26. The fourth-order valence-electron chi connectivity index (χ4n) is 2.80. The summed E-state index contributed by atoms with van der Waals surface area (Å²) in [4.78, 5) is 12.9. The van der Waals surface area contributed by atoms with Crippen molar-refractivity contribution < 1.29 is 17.9 Å². The fourth-order valence-corrected chi connectivity index (χ4v) is 4.19. The molecule has 0 aliphatic heterocycles. The lowest BCUT2D eigenvalue weighted by Crippen LogP contribution is -2.47. The van der Waals surface area contributed by atoms with Crippen LogP contribution in [-0.4, -0.2) is 33.7 Å². The number of nitrogens with zero attached hydrogens (tertiary/aromatic N) is 1. The molecule has 1 amide bonds. The van der Waals surface area contributed by atoms with Crippen molar-refractivity contribution in [2.75, 3.05) is 23.0 Å². The Labute approximate surface area is 165 Å². The van der Waals surface area contributed by atoms with Crippen LogP contribution < -0.4 is 9.62 Å². The lowest BCUT2D eigenvalue weighted by atomic mass is 10.1. The molecule has 0 saturated heterocycles. The Morgan fingerprint density at radius 1 is 1.22 bits per heavy atom. The smallest absolute Gasteiger partial charge is 0.248 e. The van der Waals surface area contributed by atoms with Crippen molar-refractivity contribution in [1.29, 1.82) is 0 Å². The minimum Gasteiger partial charge on any atom is -0.380 e. The maximum Gasteiger partial charge on any atom is 0.248 e. The average molecular weight is 411 g/mol. The van der Waals surface area contributed by atoms with Crippen LogP contribution in [0.15, 0.2) is 48.5 Å². The third-order valence-corrected chi connectivity index (χ3v) is 5.31. The summed E-state index contributed by atoms with van der Waals surface area (Å²) in [6, 6.07) is 12.7. The highest BCUT2D eigenvalue weighted by molar-refractivity contribution is 7.92. The summed E-state index contributed by atoms with van der Waals surface area (Å²) in [5.74, 6) is -0.419. The molecule has 0 radical (unpaired) electrons. The van der Waals surface area contributed by atoms with Crippen LogP contribution in [0.2, 0.25) is 5.02 Å². The molecule has 0 aliphatic rings. The molecular formula is C19H23ClN2O4S. The molecule has 0 heterocycles. The molecule has 0 aliphatic carbocycles. The van der Waals surface area contributed by atoms with E-state index in [4.69, 9.17) is 16.3 Å². The molecule has 0 saturated carbocycles. The van der Waals surface area contributed by atoms with Gasteiger partial charge in [0.2, 0.25) is 15.9 Å². The summed E-state index contributed by atoms with van der Waals surface area (Å²) in [5.41, 5.74) is 1.82. The molecule has 2 aromatic rings. The van der Waals surface area contributed by atoms with Crippen molar-refractivity contribution in [2.45, 2.75) is 26.0 Å². The molecule has 0 unspecified atom stereocenters. The SMILES string of the molecule is CC[C@@H](C(=O)Nc1cccc(COC)c1)N(c1cccc(Cl)c1)S(C)(=O)=O. The predicted molar refractivity (Wildman–Crippen MR) is 109 cm³/mol. The first-order valence-electron chi connectivity index (χ1n) is 8.40. The van der Waals surface area contributed by atoms with E-state index in [0.29, 0.717) is 29.4 Å². The van der Waals surface area contributed by atoms with E-state index in [0.717, 1.165) is 16.1 Å². The zero-order valence-electron chi connectivity index (χ0n) is 15.5. The maximum atomic E-state index is 12.9. The second kappa shape index (κ2) is 9.21. The van der Waals surface area contributed by atoms with Crippen molar-refractivity contribution in [2.24, 2.45) is 0 Å². The van der Waals surface area contributed by atoms with Crippen LogP contribution in [0.4, 0.5) is 11.4 Å². The molecule has 6 nitrogen and oxygen atoms in total. The van der Waals surface area contributed by atoms with Gasteiger partial charge in [-0.3, -0.25) is 9.10 Å². The monoisotopic (exact) mass is 410 g/mol. The average Bonchev–Trinajstić information content (AvgIpc) is 2.59. The Balaban J connectivity index is 2.33. The normalized spacial score (nSPS) is 12.4. The molecule has 0 aromatic heterocycles. The molecule has 2 rings (SSSR count). The van der Waals surface area contributed by atoms with Gasteiger partial charge in [-0.1, -0.05) is 36.7 Å². The summed E-state index contributed by atoms with van der Waals surface area (Å²) in [5, 5.41) is 3.19. The van der Waals surface area contributed by atoms with Crippen molar-refractivity contribution in [3.8, 4) is 0 Å². The first-order chi connectivity index (χ1) is 12.8. The number of hydrogen-bond donors (Lipinski definition) is 1. The first kappa shape index (κ1) is 21.2. The number of halogens is 1. The number of methoxy groups -OCH3 is 1. The summed E-state index contributed by atoms with van der Waals surface area (Å²) < 4.78 is 31.1. The lowest BCUT2D eigenvalue weighted by Gasteiger charge is -2.30. The van der Waals surface area contributed by atoms with E-state index in [1.807, 2.05) is 6.07 Å². The highest BCUT2D eigenvalue weighted by Gasteiger charge is 2.31. The van der Waals surface area contributed by atoms with Gasteiger partial charge in [0, 0.05) is 17.8 Å². The zero-order valence-corrected chi connectivity index (χ0v) is 17.0. The quantitative estimate of drug-likeness (QED) is 0.720. The Kier molecular flexibility index (Phi) is 7.24. The van der Waals surface area contributed by atoms with Crippen molar-refractivity contribution in [1.82, 2.24) is 0 Å². The van der Waals surface area contributed by atoms with Gasteiger partial charge in [0.15, 0.2) is 0 Å². The highest BCUT2D eigenvalue weighted by atomic mass is 35.5. The van der Waals surface area contributed by atoms with Gasteiger partial charge in [0.25, 0.3) is 0 Å². The third kappa shape index (κ3) is 5.69. The lowest BCUT2D eigenvalue weighted by molar-refractivity contribution is -0.117. The number of nitrogens with one attached hydrogen (secondary N) is 1. The fraction of sp³-hybridized carbons (Fsp3) is 0.316. The van der Waals surface area contributed by atoms with Gasteiger partial charge in [-0.05, 0) is 42.3 Å². The summed E-state index contributed by atoms with van der Waals surface area (Å²) in [6.07, 6.45) is 1.37. The molecule has 146 valence electrons. The predicted octanol–water partition coefficient (Wildman–Crippen LogP) is 3.67. The van der Waals surface area contributed by atoms with Crippen molar-refractivity contribution in [3.63, 3.8) is 0 Å². The molecular weight excluding hydrogens is 388 g/mol. The van der Waals surface area contributed by atoms with Gasteiger partial charge >= 0.3 is 0 Å². The van der Waals surface area contributed by atoms with Crippen molar-refractivity contribution in [3.05, 3.63) is 59.1 Å².